The number of rotatable bonds is 2. The van der Waals surface area contributed by atoms with Gasteiger partial charge in [0.2, 0.25) is 0 Å². The fraction of sp³-hybridized carbons (Fsp3) is 0. The van der Waals surface area contributed by atoms with Crippen molar-refractivity contribution in [1.82, 2.24) is 29.8 Å². The zero-order valence-electron chi connectivity index (χ0n) is 10.5. The minimum absolute atomic E-state index is 0.0372. The quantitative estimate of drug-likeness (QED) is 0.440. The molecule has 0 spiro atoms. The maximum Gasteiger partial charge on any atom is 0.280 e. The molecule has 0 aliphatic rings. The fourth-order valence-electron chi connectivity index (χ4n) is 2.18. The molecule has 0 bridgehead atoms. The highest BCUT2D eigenvalue weighted by atomic mass is 16.6. The zero-order valence-corrected chi connectivity index (χ0v) is 10.5. The van der Waals surface area contributed by atoms with Crippen molar-refractivity contribution in [2.45, 2.75) is 0 Å². The summed E-state index contributed by atoms with van der Waals surface area (Å²) < 4.78 is 1.48. The van der Waals surface area contributed by atoms with Crippen LogP contribution in [-0.2, 0) is 0 Å². The van der Waals surface area contributed by atoms with E-state index in [1.165, 1.54) is 16.9 Å². The van der Waals surface area contributed by atoms with E-state index in [-0.39, 0.29) is 11.5 Å². The molecular formula is C12H7N7O2. The lowest BCUT2D eigenvalue weighted by Gasteiger charge is -1.96. The normalized spacial score (nSPS) is 11.2. The number of nitrogens with one attached hydrogen (secondary N) is 1. The molecule has 1 aromatic carbocycles. The Morgan fingerprint density at radius 1 is 1.29 bits per heavy atom. The summed E-state index contributed by atoms with van der Waals surface area (Å²) in [5.41, 5.74) is 1.46. The van der Waals surface area contributed by atoms with Crippen LogP contribution < -0.4 is 0 Å². The number of benzene rings is 1. The Morgan fingerprint density at radius 2 is 2.14 bits per heavy atom. The van der Waals surface area contributed by atoms with Crippen molar-refractivity contribution in [3.8, 4) is 11.4 Å². The number of para-hydroxylation sites is 1. The van der Waals surface area contributed by atoms with Crippen LogP contribution in [-0.4, -0.2) is 34.7 Å². The van der Waals surface area contributed by atoms with Crippen LogP contribution in [0.4, 0.5) is 5.69 Å². The zero-order chi connectivity index (χ0) is 14.4. The van der Waals surface area contributed by atoms with E-state index in [4.69, 9.17) is 0 Å². The van der Waals surface area contributed by atoms with Gasteiger partial charge < -0.3 is 0 Å². The van der Waals surface area contributed by atoms with Gasteiger partial charge in [-0.3, -0.25) is 15.2 Å². The summed E-state index contributed by atoms with van der Waals surface area (Å²) in [5, 5.41) is 22.7. The Bertz CT molecular complexity index is 988. The molecule has 21 heavy (non-hydrogen) atoms. The minimum Gasteiger partial charge on any atom is -0.261 e. The first-order valence-corrected chi connectivity index (χ1v) is 6.02. The molecule has 4 rings (SSSR count). The van der Waals surface area contributed by atoms with E-state index < -0.39 is 4.92 Å². The van der Waals surface area contributed by atoms with Crippen molar-refractivity contribution >= 4 is 22.4 Å². The van der Waals surface area contributed by atoms with Gasteiger partial charge in [-0.2, -0.15) is 5.10 Å². The van der Waals surface area contributed by atoms with E-state index >= 15 is 0 Å². The van der Waals surface area contributed by atoms with E-state index in [1.54, 1.807) is 24.4 Å². The van der Waals surface area contributed by atoms with Gasteiger partial charge in [0.15, 0.2) is 17.1 Å². The van der Waals surface area contributed by atoms with Crippen LogP contribution in [0.3, 0.4) is 0 Å². The lowest BCUT2D eigenvalue weighted by atomic mass is 10.2. The average Bonchev–Trinajstić information content (AvgIpc) is 3.12. The molecule has 102 valence electrons. The molecule has 1 N–H and O–H groups in total. The number of hydrogen-bond donors (Lipinski definition) is 1. The summed E-state index contributed by atoms with van der Waals surface area (Å²) in [6.45, 7) is 0. The number of aromatic amines is 1. The number of nitrogens with zero attached hydrogens (tertiary/aromatic N) is 6. The van der Waals surface area contributed by atoms with Crippen LogP contribution in [0, 0.1) is 10.1 Å². The van der Waals surface area contributed by atoms with Crippen molar-refractivity contribution in [2.75, 3.05) is 0 Å². The third-order valence-electron chi connectivity index (χ3n) is 3.13. The highest BCUT2D eigenvalue weighted by molar-refractivity contribution is 5.88. The van der Waals surface area contributed by atoms with Crippen molar-refractivity contribution in [3.05, 3.63) is 46.9 Å². The maximum atomic E-state index is 11.1. The van der Waals surface area contributed by atoms with Crippen molar-refractivity contribution < 1.29 is 4.92 Å². The van der Waals surface area contributed by atoms with Crippen molar-refractivity contribution in [2.24, 2.45) is 0 Å². The van der Waals surface area contributed by atoms with E-state index in [0.717, 1.165) is 0 Å². The van der Waals surface area contributed by atoms with Crippen LogP contribution in [0.1, 0.15) is 0 Å². The topological polar surface area (TPSA) is 115 Å². The predicted molar refractivity (Wildman–Crippen MR) is 72.5 cm³/mol. The second-order valence-corrected chi connectivity index (χ2v) is 4.35. The van der Waals surface area contributed by atoms with Crippen LogP contribution in [0.25, 0.3) is 28.1 Å². The number of hydrogen-bond acceptors (Lipinski definition) is 6. The van der Waals surface area contributed by atoms with Gasteiger partial charge in [-0.05, 0) is 6.07 Å². The van der Waals surface area contributed by atoms with Crippen LogP contribution in [0.15, 0.2) is 36.8 Å². The lowest BCUT2D eigenvalue weighted by molar-refractivity contribution is -0.384. The first-order valence-electron chi connectivity index (χ1n) is 6.02. The number of fused-ring (bicyclic) bond motifs is 3. The number of H-pyrrole nitrogens is 1. The maximum absolute atomic E-state index is 11.1. The molecule has 0 amide bonds. The molecule has 0 fully saturated rings. The Kier molecular flexibility index (Phi) is 2.22. The Hall–Kier alpha value is -3.36. The standard InChI is InChI=1S/C12H7N7O2/c20-19(21)9-4-2-1-3-7(9)11-15-12-8-5-14-16-10(8)13-6-18(12)17-11/h1-6H,(H,14,16). The molecule has 3 aromatic heterocycles. The molecular weight excluding hydrogens is 274 g/mol. The number of aromatic nitrogens is 6. The summed E-state index contributed by atoms with van der Waals surface area (Å²) in [5.74, 6) is 0.276. The SMILES string of the molecule is O=[N+]([O-])c1ccccc1-c1nc2c3cn[nH]c3ncn2n1. The number of nitro groups is 1. The first kappa shape index (κ1) is 11.5. The molecule has 9 heteroatoms. The predicted octanol–water partition coefficient (Wildman–Crippen LogP) is 1.58. The van der Waals surface area contributed by atoms with E-state index in [9.17, 15) is 10.1 Å². The molecule has 4 aromatic rings. The molecule has 0 unspecified atom stereocenters. The van der Waals surface area contributed by atoms with Gasteiger partial charge in [-0.25, -0.2) is 14.5 Å². The Balaban J connectivity index is 2.01. The highest BCUT2D eigenvalue weighted by Gasteiger charge is 2.19. The van der Waals surface area contributed by atoms with Gasteiger partial charge in [-0.15, -0.1) is 5.10 Å². The highest BCUT2D eigenvalue weighted by Crippen LogP contribution is 2.28. The Morgan fingerprint density at radius 3 is 3.00 bits per heavy atom. The summed E-state index contributed by atoms with van der Waals surface area (Å²) in [6.07, 6.45) is 3.08. The van der Waals surface area contributed by atoms with Gasteiger partial charge in [0, 0.05) is 6.07 Å². The van der Waals surface area contributed by atoms with Gasteiger partial charge in [0.1, 0.15) is 6.33 Å². The third-order valence-corrected chi connectivity index (χ3v) is 3.13. The molecule has 0 saturated heterocycles. The lowest BCUT2D eigenvalue weighted by Crippen LogP contribution is -1.93. The monoisotopic (exact) mass is 281 g/mol. The molecule has 3 heterocycles. The third kappa shape index (κ3) is 1.64. The van der Waals surface area contributed by atoms with Gasteiger partial charge in [0.25, 0.3) is 5.69 Å². The van der Waals surface area contributed by atoms with Gasteiger partial charge in [-0.1, -0.05) is 12.1 Å². The second-order valence-electron chi connectivity index (χ2n) is 4.35. The van der Waals surface area contributed by atoms with Gasteiger partial charge in [0.05, 0.1) is 22.1 Å². The molecule has 0 aliphatic carbocycles. The van der Waals surface area contributed by atoms with Gasteiger partial charge >= 0.3 is 0 Å². The largest absolute Gasteiger partial charge is 0.280 e. The van der Waals surface area contributed by atoms with Crippen LogP contribution in [0.5, 0.6) is 0 Å². The molecule has 9 nitrogen and oxygen atoms in total. The molecule has 0 saturated carbocycles. The smallest absolute Gasteiger partial charge is 0.261 e. The summed E-state index contributed by atoms with van der Waals surface area (Å²) in [6, 6.07) is 6.35. The Labute approximate surface area is 116 Å². The van der Waals surface area contributed by atoms with Crippen LogP contribution in [0.2, 0.25) is 0 Å². The second kappa shape index (κ2) is 4.07. The van der Waals surface area contributed by atoms with Crippen molar-refractivity contribution in [3.63, 3.8) is 0 Å². The minimum atomic E-state index is -0.452. The fourth-order valence-corrected chi connectivity index (χ4v) is 2.18. The first-order chi connectivity index (χ1) is 10.2. The summed E-state index contributed by atoms with van der Waals surface area (Å²) >= 11 is 0. The molecule has 0 radical (unpaired) electrons. The number of nitro benzene ring substituents is 1. The van der Waals surface area contributed by atoms with Crippen LogP contribution >= 0.6 is 0 Å². The van der Waals surface area contributed by atoms with E-state index in [1.807, 2.05) is 0 Å². The average molecular weight is 281 g/mol. The molecule has 0 atom stereocenters. The van der Waals surface area contributed by atoms with Crippen molar-refractivity contribution in [1.29, 1.82) is 0 Å². The van der Waals surface area contributed by atoms with E-state index in [2.05, 4.69) is 25.3 Å². The molecule has 0 aliphatic heterocycles. The summed E-state index contributed by atoms with van der Waals surface area (Å²) in [7, 11) is 0. The summed E-state index contributed by atoms with van der Waals surface area (Å²) in [4.78, 5) is 19.2. The van der Waals surface area contributed by atoms with E-state index in [0.29, 0.717) is 22.2 Å².